The molecule has 0 aliphatic rings. The van der Waals surface area contributed by atoms with Crippen LogP contribution in [0.3, 0.4) is 0 Å². The minimum absolute atomic E-state index is 0.845. The molecule has 0 aromatic heterocycles. The Hall–Kier alpha value is -0.800. The van der Waals surface area contributed by atoms with Gasteiger partial charge in [-0.25, -0.2) is 0 Å². The summed E-state index contributed by atoms with van der Waals surface area (Å²) >= 11 is 7.06. The van der Waals surface area contributed by atoms with Crippen LogP contribution in [0.5, 0.6) is 0 Å². The summed E-state index contributed by atoms with van der Waals surface area (Å²) in [7, 11) is 2.10. The van der Waals surface area contributed by atoms with E-state index in [-0.39, 0.29) is 0 Å². The molecule has 18 heavy (non-hydrogen) atoms. The minimum atomic E-state index is 0.845. The second-order valence-corrected chi connectivity index (χ2v) is 5.78. The highest BCUT2D eigenvalue weighted by molar-refractivity contribution is 9.10. The van der Waals surface area contributed by atoms with E-state index in [4.69, 9.17) is 0 Å². The molecule has 0 fully saturated rings. The maximum Gasteiger partial charge on any atom is 0.0450 e. The summed E-state index contributed by atoms with van der Waals surface area (Å²) in [6.07, 6.45) is 0. The van der Waals surface area contributed by atoms with Crippen molar-refractivity contribution in [3.05, 3.63) is 58.1 Å². The van der Waals surface area contributed by atoms with Gasteiger partial charge in [0.2, 0.25) is 0 Å². The molecule has 1 nitrogen and oxygen atoms in total. The predicted molar refractivity (Wildman–Crippen MR) is 86.0 cm³/mol. The van der Waals surface area contributed by atoms with Gasteiger partial charge in [0, 0.05) is 28.2 Å². The van der Waals surface area contributed by atoms with E-state index in [1.807, 2.05) is 0 Å². The molecule has 0 atom stereocenters. The maximum atomic E-state index is 3.55. The van der Waals surface area contributed by atoms with Crippen molar-refractivity contribution in [2.45, 2.75) is 12.3 Å². The monoisotopic (exact) mass is 367 g/mol. The van der Waals surface area contributed by atoms with Crippen LogP contribution >= 0.6 is 31.9 Å². The number of hydrogen-bond donors (Lipinski definition) is 0. The van der Waals surface area contributed by atoms with Gasteiger partial charge in [-0.2, -0.15) is 0 Å². The molecule has 0 N–H and O–H groups in total. The molecule has 0 heterocycles. The summed E-state index contributed by atoms with van der Waals surface area (Å²) in [5.41, 5.74) is 4.97. The van der Waals surface area contributed by atoms with E-state index < -0.39 is 0 Å². The van der Waals surface area contributed by atoms with Crippen molar-refractivity contribution in [1.82, 2.24) is 0 Å². The van der Waals surface area contributed by atoms with Gasteiger partial charge in [-0.3, -0.25) is 0 Å². The lowest BCUT2D eigenvalue weighted by Crippen LogP contribution is -2.11. The molecular formula is C15H15Br2N. The number of anilines is 2. The lowest BCUT2D eigenvalue weighted by molar-refractivity contribution is 1.17. The fourth-order valence-electron chi connectivity index (χ4n) is 1.90. The fraction of sp³-hybridized carbons (Fsp3) is 0.200. The van der Waals surface area contributed by atoms with Crippen LogP contribution in [0.4, 0.5) is 11.4 Å². The summed E-state index contributed by atoms with van der Waals surface area (Å²) < 4.78 is 1.11. The van der Waals surface area contributed by atoms with E-state index in [1.54, 1.807) is 0 Å². The molecule has 94 valence electrons. The molecule has 0 radical (unpaired) electrons. The smallest absolute Gasteiger partial charge is 0.0450 e. The van der Waals surface area contributed by atoms with E-state index in [0.29, 0.717) is 0 Å². The fourth-order valence-corrected chi connectivity index (χ4v) is 2.75. The topological polar surface area (TPSA) is 3.24 Å². The highest BCUT2D eigenvalue weighted by Crippen LogP contribution is 2.30. The third kappa shape index (κ3) is 2.96. The predicted octanol–water partition coefficient (Wildman–Crippen LogP) is 5.42. The zero-order valence-electron chi connectivity index (χ0n) is 10.5. The zero-order chi connectivity index (χ0) is 13.1. The summed E-state index contributed by atoms with van der Waals surface area (Å²) in [4.78, 5) is 2.21. The molecule has 0 aliphatic heterocycles. The molecule has 0 saturated heterocycles. The van der Waals surface area contributed by atoms with Crippen molar-refractivity contribution in [3.63, 3.8) is 0 Å². The Morgan fingerprint density at radius 3 is 2.33 bits per heavy atom. The number of nitrogens with zero attached hydrogens (tertiary/aromatic N) is 1. The van der Waals surface area contributed by atoms with Gasteiger partial charge in [-0.1, -0.05) is 49.6 Å². The van der Waals surface area contributed by atoms with Gasteiger partial charge in [0.1, 0.15) is 0 Å². The average molecular weight is 369 g/mol. The van der Waals surface area contributed by atoms with Gasteiger partial charge in [-0.05, 0) is 42.8 Å². The first-order chi connectivity index (χ1) is 8.61. The van der Waals surface area contributed by atoms with Gasteiger partial charge in [0.05, 0.1) is 0 Å². The molecule has 0 unspecified atom stereocenters. The second-order valence-electron chi connectivity index (χ2n) is 4.30. The number of benzene rings is 2. The Bertz CT molecular complexity index is 535. The van der Waals surface area contributed by atoms with Gasteiger partial charge in [0.25, 0.3) is 0 Å². The number of alkyl halides is 1. The van der Waals surface area contributed by atoms with Crippen molar-refractivity contribution < 1.29 is 0 Å². The van der Waals surface area contributed by atoms with Crippen LogP contribution in [0.2, 0.25) is 0 Å². The largest absolute Gasteiger partial charge is 0.344 e. The summed E-state index contributed by atoms with van der Waals surface area (Å²) in [6.45, 7) is 2.10. The summed E-state index contributed by atoms with van der Waals surface area (Å²) in [6, 6.07) is 14.9. The minimum Gasteiger partial charge on any atom is -0.344 e. The normalized spacial score (nSPS) is 10.4. The lowest BCUT2D eigenvalue weighted by Gasteiger charge is -2.22. The van der Waals surface area contributed by atoms with Crippen molar-refractivity contribution in [3.8, 4) is 0 Å². The van der Waals surface area contributed by atoms with Crippen LogP contribution < -0.4 is 4.90 Å². The molecule has 2 rings (SSSR count). The van der Waals surface area contributed by atoms with Crippen molar-refractivity contribution in [2.24, 2.45) is 0 Å². The molecule has 2 aromatic carbocycles. The zero-order valence-corrected chi connectivity index (χ0v) is 13.6. The molecule has 0 aliphatic carbocycles. The van der Waals surface area contributed by atoms with E-state index in [2.05, 4.69) is 93.2 Å². The standard InChI is InChI=1S/C15H15Br2N/c1-11-3-6-14(7-4-11)18(2)15-8-5-13(17)9-12(15)10-16/h3-9H,10H2,1-2H3. The number of rotatable bonds is 3. The first-order valence-electron chi connectivity index (χ1n) is 5.76. The maximum absolute atomic E-state index is 3.55. The van der Waals surface area contributed by atoms with Crippen molar-refractivity contribution in [1.29, 1.82) is 0 Å². The van der Waals surface area contributed by atoms with Crippen LogP contribution in [0, 0.1) is 6.92 Å². The first-order valence-corrected chi connectivity index (χ1v) is 7.68. The molecule has 2 aromatic rings. The van der Waals surface area contributed by atoms with Crippen LogP contribution in [0.15, 0.2) is 46.9 Å². The molecule has 0 amide bonds. The van der Waals surface area contributed by atoms with Crippen LogP contribution in [-0.2, 0) is 5.33 Å². The average Bonchev–Trinajstić information content (AvgIpc) is 2.38. The molecule has 3 heteroatoms. The summed E-state index contributed by atoms with van der Waals surface area (Å²) in [5, 5.41) is 0.845. The SMILES string of the molecule is Cc1ccc(N(C)c2ccc(Br)cc2CBr)cc1. The van der Waals surface area contributed by atoms with Crippen LogP contribution in [0.25, 0.3) is 0 Å². The number of aryl methyl sites for hydroxylation is 1. The molecule has 0 spiro atoms. The third-order valence-electron chi connectivity index (χ3n) is 2.97. The highest BCUT2D eigenvalue weighted by Gasteiger charge is 2.08. The van der Waals surface area contributed by atoms with Gasteiger partial charge in [-0.15, -0.1) is 0 Å². The van der Waals surface area contributed by atoms with Crippen LogP contribution in [0.1, 0.15) is 11.1 Å². The van der Waals surface area contributed by atoms with Gasteiger partial charge < -0.3 is 4.90 Å². The van der Waals surface area contributed by atoms with E-state index >= 15 is 0 Å². The van der Waals surface area contributed by atoms with Gasteiger partial charge >= 0.3 is 0 Å². The van der Waals surface area contributed by atoms with Gasteiger partial charge in [0.15, 0.2) is 0 Å². The van der Waals surface area contributed by atoms with E-state index in [9.17, 15) is 0 Å². The highest BCUT2D eigenvalue weighted by atomic mass is 79.9. The van der Waals surface area contributed by atoms with Crippen molar-refractivity contribution >= 4 is 43.2 Å². The molecule has 0 bridgehead atoms. The Kier molecular flexibility index (Phi) is 4.46. The second kappa shape index (κ2) is 5.89. The Balaban J connectivity index is 2.39. The Morgan fingerprint density at radius 1 is 1.06 bits per heavy atom. The summed E-state index contributed by atoms with van der Waals surface area (Å²) in [5.74, 6) is 0. The first kappa shape index (κ1) is 13.6. The number of halogens is 2. The van der Waals surface area contributed by atoms with E-state index in [0.717, 1.165) is 9.80 Å². The van der Waals surface area contributed by atoms with Crippen LogP contribution in [-0.4, -0.2) is 7.05 Å². The van der Waals surface area contributed by atoms with Crippen molar-refractivity contribution in [2.75, 3.05) is 11.9 Å². The molecular weight excluding hydrogens is 354 g/mol. The Morgan fingerprint density at radius 2 is 1.72 bits per heavy atom. The van der Waals surface area contributed by atoms with E-state index in [1.165, 1.54) is 22.5 Å². The molecule has 0 saturated carbocycles. The number of hydrogen-bond acceptors (Lipinski definition) is 1. The quantitative estimate of drug-likeness (QED) is 0.653. The third-order valence-corrected chi connectivity index (χ3v) is 4.07. The lowest BCUT2D eigenvalue weighted by atomic mass is 10.1. The Labute approximate surface area is 125 Å².